The molecule has 0 saturated heterocycles. The van der Waals surface area contributed by atoms with Crippen molar-refractivity contribution >= 4 is 0 Å². The fourth-order valence-electron chi connectivity index (χ4n) is 1.77. The van der Waals surface area contributed by atoms with Gasteiger partial charge in [0.25, 0.3) is 0 Å². The average Bonchev–Trinajstić information content (AvgIpc) is 2.06. The molecule has 1 saturated carbocycles. The standard InChI is InChI=1S/C11H16N2/c12-13-8-9-4-6-11(7-5-9)10-2-1-3-10/h4-7,10,13H,1-3,8,12H2. The number of hydrogen-bond donors (Lipinski definition) is 2. The quantitative estimate of drug-likeness (QED) is 0.545. The highest BCUT2D eigenvalue weighted by molar-refractivity contribution is 5.26. The van der Waals surface area contributed by atoms with Gasteiger partial charge in [0.1, 0.15) is 0 Å². The third kappa shape index (κ3) is 1.90. The van der Waals surface area contributed by atoms with Gasteiger partial charge in [-0.05, 0) is 29.9 Å². The molecule has 0 atom stereocenters. The first kappa shape index (κ1) is 8.73. The predicted octanol–water partition coefficient (Wildman–Crippen LogP) is 1.92. The monoisotopic (exact) mass is 176 g/mol. The van der Waals surface area contributed by atoms with Crippen molar-refractivity contribution in [3.05, 3.63) is 35.4 Å². The first-order valence-corrected chi connectivity index (χ1v) is 4.92. The van der Waals surface area contributed by atoms with E-state index in [1.807, 2.05) is 0 Å². The molecule has 13 heavy (non-hydrogen) atoms. The Morgan fingerprint density at radius 1 is 1.23 bits per heavy atom. The van der Waals surface area contributed by atoms with Crippen LogP contribution in [0.5, 0.6) is 0 Å². The number of hydrogen-bond acceptors (Lipinski definition) is 2. The second-order valence-electron chi connectivity index (χ2n) is 3.75. The maximum Gasteiger partial charge on any atom is 0.0348 e. The zero-order valence-electron chi connectivity index (χ0n) is 7.79. The van der Waals surface area contributed by atoms with E-state index in [1.165, 1.54) is 30.4 Å². The molecule has 1 aromatic rings. The normalized spacial score (nSPS) is 17.0. The number of hydrazine groups is 1. The van der Waals surface area contributed by atoms with Crippen LogP contribution < -0.4 is 11.3 Å². The molecule has 1 fully saturated rings. The van der Waals surface area contributed by atoms with E-state index >= 15 is 0 Å². The summed E-state index contributed by atoms with van der Waals surface area (Å²) in [7, 11) is 0. The molecule has 0 bridgehead atoms. The van der Waals surface area contributed by atoms with Crippen LogP contribution in [0, 0.1) is 0 Å². The smallest absolute Gasteiger partial charge is 0.0348 e. The third-order valence-corrected chi connectivity index (χ3v) is 2.86. The second kappa shape index (κ2) is 3.90. The van der Waals surface area contributed by atoms with Gasteiger partial charge in [0, 0.05) is 6.54 Å². The van der Waals surface area contributed by atoms with Gasteiger partial charge in [-0.1, -0.05) is 30.7 Å². The highest BCUT2D eigenvalue weighted by atomic mass is 15.2. The topological polar surface area (TPSA) is 38.0 Å². The van der Waals surface area contributed by atoms with Crippen molar-refractivity contribution in [2.75, 3.05) is 0 Å². The van der Waals surface area contributed by atoms with Crippen molar-refractivity contribution in [2.24, 2.45) is 5.84 Å². The molecule has 0 spiro atoms. The molecule has 0 heterocycles. The zero-order valence-corrected chi connectivity index (χ0v) is 7.79. The number of benzene rings is 1. The minimum absolute atomic E-state index is 0.755. The maximum atomic E-state index is 5.25. The van der Waals surface area contributed by atoms with E-state index in [1.54, 1.807) is 0 Å². The predicted molar refractivity (Wildman–Crippen MR) is 54.1 cm³/mol. The summed E-state index contributed by atoms with van der Waals surface area (Å²) in [6, 6.07) is 8.79. The van der Waals surface area contributed by atoms with Crippen molar-refractivity contribution in [1.82, 2.24) is 5.43 Å². The first-order chi connectivity index (χ1) is 6.40. The molecule has 70 valence electrons. The Hall–Kier alpha value is -0.860. The molecule has 1 aliphatic carbocycles. The lowest BCUT2D eigenvalue weighted by Gasteiger charge is -2.25. The lowest BCUT2D eigenvalue weighted by Crippen LogP contribution is -2.20. The van der Waals surface area contributed by atoms with Gasteiger partial charge < -0.3 is 0 Å². The lowest BCUT2D eigenvalue weighted by molar-refractivity contribution is 0.419. The first-order valence-electron chi connectivity index (χ1n) is 4.92. The molecule has 2 nitrogen and oxygen atoms in total. The molecule has 1 aliphatic rings. The fraction of sp³-hybridized carbons (Fsp3) is 0.455. The van der Waals surface area contributed by atoms with Crippen molar-refractivity contribution < 1.29 is 0 Å². The SMILES string of the molecule is NNCc1ccc(C2CCC2)cc1. The molecule has 2 heteroatoms. The van der Waals surface area contributed by atoms with Crippen LogP contribution in [0.1, 0.15) is 36.3 Å². The summed E-state index contributed by atoms with van der Waals surface area (Å²) < 4.78 is 0. The van der Waals surface area contributed by atoms with Crippen LogP contribution in [0.25, 0.3) is 0 Å². The minimum atomic E-state index is 0.755. The Bertz CT molecular complexity index is 262. The van der Waals surface area contributed by atoms with Crippen molar-refractivity contribution in [3.8, 4) is 0 Å². The number of nitrogens with one attached hydrogen (secondary N) is 1. The Balaban J connectivity index is 2.04. The molecule has 1 aromatic carbocycles. The zero-order chi connectivity index (χ0) is 9.10. The largest absolute Gasteiger partial charge is 0.271 e. The fourth-order valence-corrected chi connectivity index (χ4v) is 1.77. The van der Waals surface area contributed by atoms with E-state index in [9.17, 15) is 0 Å². The van der Waals surface area contributed by atoms with E-state index in [4.69, 9.17) is 5.84 Å². The Morgan fingerprint density at radius 3 is 2.38 bits per heavy atom. The molecule has 0 radical (unpaired) electrons. The average molecular weight is 176 g/mol. The van der Waals surface area contributed by atoms with Crippen LogP contribution in [-0.2, 0) is 6.54 Å². The third-order valence-electron chi connectivity index (χ3n) is 2.86. The van der Waals surface area contributed by atoms with Crippen LogP contribution in [0.2, 0.25) is 0 Å². The number of rotatable bonds is 3. The van der Waals surface area contributed by atoms with Gasteiger partial charge in [0.2, 0.25) is 0 Å². The van der Waals surface area contributed by atoms with Crippen LogP contribution in [0.3, 0.4) is 0 Å². The summed E-state index contributed by atoms with van der Waals surface area (Å²) in [4.78, 5) is 0. The summed E-state index contributed by atoms with van der Waals surface area (Å²) in [5.41, 5.74) is 5.41. The maximum absolute atomic E-state index is 5.25. The van der Waals surface area contributed by atoms with Gasteiger partial charge in [0.05, 0.1) is 0 Å². The van der Waals surface area contributed by atoms with Crippen LogP contribution >= 0.6 is 0 Å². The molecule has 0 aromatic heterocycles. The van der Waals surface area contributed by atoms with Gasteiger partial charge in [-0.25, -0.2) is 0 Å². The van der Waals surface area contributed by atoms with E-state index in [0.29, 0.717) is 0 Å². The van der Waals surface area contributed by atoms with E-state index in [-0.39, 0.29) is 0 Å². The summed E-state index contributed by atoms with van der Waals surface area (Å²) in [5, 5.41) is 0. The summed E-state index contributed by atoms with van der Waals surface area (Å²) in [6.07, 6.45) is 4.14. The number of nitrogens with two attached hydrogens (primary N) is 1. The van der Waals surface area contributed by atoms with Gasteiger partial charge in [0.15, 0.2) is 0 Å². The summed E-state index contributed by atoms with van der Waals surface area (Å²) in [5.74, 6) is 6.08. The van der Waals surface area contributed by atoms with E-state index in [2.05, 4.69) is 29.7 Å². The Morgan fingerprint density at radius 2 is 1.92 bits per heavy atom. The molecule has 0 aliphatic heterocycles. The van der Waals surface area contributed by atoms with Gasteiger partial charge in [-0.3, -0.25) is 11.3 Å². The Labute approximate surface area is 79.1 Å². The highest BCUT2D eigenvalue weighted by Crippen LogP contribution is 2.36. The molecule has 0 amide bonds. The summed E-state index contributed by atoms with van der Waals surface area (Å²) in [6.45, 7) is 0.755. The van der Waals surface area contributed by atoms with Crippen LogP contribution in [0.15, 0.2) is 24.3 Å². The molecule has 2 rings (SSSR count). The van der Waals surface area contributed by atoms with E-state index < -0.39 is 0 Å². The van der Waals surface area contributed by atoms with Crippen molar-refractivity contribution in [2.45, 2.75) is 31.7 Å². The Kier molecular flexibility index (Phi) is 2.62. The molecule has 0 unspecified atom stereocenters. The minimum Gasteiger partial charge on any atom is -0.271 e. The lowest BCUT2D eigenvalue weighted by atomic mass is 9.80. The highest BCUT2D eigenvalue weighted by Gasteiger charge is 2.18. The van der Waals surface area contributed by atoms with Gasteiger partial charge >= 0.3 is 0 Å². The van der Waals surface area contributed by atoms with E-state index in [0.717, 1.165) is 12.5 Å². The van der Waals surface area contributed by atoms with Crippen molar-refractivity contribution in [1.29, 1.82) is 0 Å². The van der Waals surface area contributed by atoms with Crippen LogP contribution in [-0.4, -0.2) is 0 Å². The second-order valence-corrected chi connectivity index (χ2v) is 3.75. The van der Waals surface area contributed by atoms with Gasteiger partial charge in [-0.15, -0.1) is 0 Å². The molecular formula is C11H16N2. The van der Waals surface area contributed by atoms with Crippen LogP contribution in [0.4, 0.5) is 0 Å². The van der Waals surface area contributed by atoms with Gasteiger partial charge in [-0.2, -0.15) is 0 Å². The van der Waals surface area contributed by atoms with Crippen molar-refractivity contribution in [3.63, 3.8) is 0 Å². The molecular weight excluding hydrogens is 160 g/mol. The summed E-state index contributed by atoms with van der Waals surface area (Å²) >= 11 is 0. The molecule has 3 N–H and O–H groups in total.